The zero-order valence-electron chi connectivity index (χ0n) is 7.10. The summed E-state index contributed by atoms with van der Waals surface area (Å²) < 4.78 is 0. The Morgan fingerprint density at radius 3 is 3.21 bits per heavy atom. The van der Waals surface area contributed by atoms with Gasteiger partial charge in [0, 0.05) is 6.20 Å². The molecule has 2 aromatic heterocycles. The summed E-state index contributed by atoms with van der Waals surface area (Å²) in [6.45, 7) is 0. The van der Waals surface area contributed by atoms with Gasteiger partial charge in [-0.1, -0.05) is 11.8 Å². The summed E-state index contributed by atoms with van der Waals surface area (Å²) in [6, 6.07) is 1.83. The molecule has 0 fully saturated rings. The van der Waals surface area contributed by atoms with Crippen molar-refractivity contribution in [2.45, 2.75) is 5.03 Å². The molecule has 2 aromatic rings. The second-order valence-corrected chi connectivity index (χ2v) is 3.57. The molecule has 5 nitrogen and oxygen atoms in total. The number of nitrogens with zero attached hydrogens (tertiary/aromatic N) is 2. The van der Waals surface area contributed by atoms with Gasteiger partial charge in [-0.2, -0.15) is 0 Å². The van der Waals surface area contributed by atoms with Crippen LogP contribution >= 0.6 is 11.8 Å². The van der Waals surface area contributed by atoms with Crippen molar-refractivity contribution in [1.29, 1.82) is 0 Å². The first-order valence-electron chi connectivity index (χ1n) is 3.90. The summed E-state index contributed by atoms with van der Waals surface area (Å²) in [5.74, 6) is -0.839. The maximum atomic E-state index is 10.4. The van der Waals surface area contributed by atoms with Crippen LogP contribution in [0.1, 0.15) is 0 Å². The Morgan fingerprint density at radius 2 is 2.43 bits per heavy atom. The quantitative estimate of drug-likeness (QED) is 0.585. The van der Waals surface area contributed by atoms with E-state index in [0.717, 1.165) is 11.0 Å². The molecule has 2 N–H and O–H groups in total. The molecule has 0 aromatic carbocycles. The first-order chi connectivity index (χ1) is 6.77. The van der Waals surface area contributed by atoms with Gasteiger partial charge in [0.2, 0.25) is 0 Å². The van der Waals surface area contributed by atoms with Crippen molar-refractivity contribution in [1.82, 2.24) is 15.0 Å². The minimum absolute atomic E-state index is 0.0112. The van der Waals surface area contributed by atoms with Gasteiger partial charge < -0.3 is 10.1 Å². The number of carboxylic acid groups (broad SMARTS) is 1. The van der Waals surface area contributed by atoms with Crippen molar-refractivity contribution in [3.63, 3.8) is 0 Å². The van der Waals surface area contributed by atoms with Gasteiger partial charge in [-0.05, 0) is 6.07 Å². The first-order valence-corrected chi connectivity index (χ1v) is 4.88. The van der Waals surface area contributed by atoms with Crippen LogP contribution < -0.4 is 0 Å². The number of fused-ring (bicyclic) bond motifs is 1. The molecule has 0 spiro atoms. The average molecular weight is 209 g/mol. The van der Waals surface area contributed by atoms with Crippen molar-refractivity contribution in [3.8, 4) is 0 Å². The lowest BCUT2D eigenvalue weighted by Gasteiger charge is -1.97. The minimum atomic E-state index is -0.850. The molecule has 2 heterocycles. The Bertz CT molecular complexity index is 468. The molecule has 0 saturated heterocycles. The van der Waals surface area contributed by atoms with Crippen LogP contribution in [0.5, 0.6) is 0 Å². The van der Waals surface area contributed by atoms with Crippen molar-refractivity contribution in [2.75, 3.05) is 5.75 Å². The molecule has 0 aliphatic carbocycles. The maximum Gasteiger partial charge on any atom is 0.313 e. The number of thioether (sulfide) groups is 1. The predicted molar refractivity (Wildman–Crippen MR) is 52.2 cm³/mol. The maximum absolute atomic E-state index is 10.4. The number of aromatic amines is 1. The van der Waals surface area contributed by atoms with E-state index >= 15 is 0 Å². The summed E-state index contributed by atoms with van der Waals surface area (Å²) in [6.07, 6.45) is 3.17. The summed E-state index contributed by atoms with van der Waals surface area (Å²) in [7, 11) is 0. The molecule has 2 rings (SSSR count). The highest BCUT2D eigenvalue weighted by Crippen LogP contribution is 2.22. The van der Waals surface area contributed by atoms with E-state index in [9.17, 15) is 4.79 Å². The van der Waals surface area contributed by atoms with E-state index in [-0.39, 0.29) is 5.75 Å². The molecule has 14 heavy (non-hydrogen) atoms. The lowest BCUT2D eigenvalue weighted by Crippen LogP contribution is -1.98. The van der Waals surface area contributed by atoms with Gasteiger partial charge in [-0.25, -0.2) is 9.97 Å². The third-order valence-electron chi connectivity index (χ3n) is 1.65. The van der Waals surface area contributed by atoms with Crippen LogP contribution in [-0.2, 0) is 4.79 Å². The topological polar surface area (TPSA) is 78.9 Å². The van der Waals surface area contributed by atoms with Gasteiger partial charge in [0.05, 0.1) is 11.1 Å². The highest BCUT2D eigenvalue weighted by atomic mass is 32.2. The van der Waals surface area contributed by atoms with E-state index in [1.807, 2.05) is 6.07 Å². The van der Waals surface area contributed by atoms with Gasteiger partial charge in [0.15, 0.2) is 0 Å². The smallest absolute Gasteiger partial charge is 0.313 e. The summed E-state index contributed by atoms with van der Waals surface area (Å²) in [5.41, 5.74) is 0.730. The summed E-state index contributed by atoms with van der Waals surface area (Å²) in [5, 5.41) is 10.1. The van der Waals surface area contributed by atoms with Crippen LogP contribution in [0.15, 0.2) is 23.6 Å². The molecule has 0 saturated carbocycles. The van der Waals surface area contributed by atoms with Crippen LogP contribution in [0, 0.1) is 0 Å². The number of carboxylic acids is 1. The van der Waals surface area contributed by atoms with E-state index < -0.39 is 5.97 Å². The molecule has 0 atom stereocenters. The van der Waals surface area contributed by atoms with E-state index in [0.29, 0.717) is 5.03 Å². The highest BCUT2D eigenvalue weighted by molar-refractivity contribution is 8.00. The number of carbonyl (C=O) groups is 1. The lowest BCUT2D eigenvalue weighted by molar-refractivity contribution is -0.133. The number of nitrogens with one attached hydrogen (secondary N) is 1. The fourth-order valence-electron chi connectivity index (χ4n) is 1.09. The largest absolute Gasteiger partial charge is 0.481 e. The van der Waals surface area contributed by atoms with Gasteiger partial charge >= 0.3 is 5.97 Å². The molecular formula is C8H7N3O2S. The third kappa shape index (κ3) is 1.69. The monoisotopic (exact) mass is 209 g/mol. The van der Waals surface area contributed by atoms with Crippen LogP contribution in [0.2, 0.25) is 0 Å². The van der Waals surface area contributed by atoms with E-state index in [4.69, 9.17) is 5.11 Å². The van der Waals surface area contributed by atoms with Crippen molar-refractivity contribution < 1.29 is 9.90 Å². The Labute approximate surface area is 83.6 Å². The van der Waals surface area contributed by atoms with E-state index in [2.05, 4.69) is 15.0 Å². The predicted octanol–water partition coefficient (Wildman–Crippen LogP) is 1.13. The Balaban J connectivity index is 2.32. The number of hydrogen-bond donors (Lipinski definition) is 2. The zero-order chi connectivity index (χ0) is 9.97. The van der Waals surface area contributed by atoms with Crippen molar-refractivity contribution in [2.24, 2.45) is 0 Å². The highest BCUT2D eigenvalue weighted by Gasteiger charge is 2.06. The Morgan fingerprint density at radius 1 is 1.57 bits per heavy atom. The standard InChI is InChI=1S/C8H7N3O2S/c12-6(13)3-14-8-5-1-2-9-7(5)10-4-11-8/h1-2,4H,3H2,(H,12,13)(H,9,10,11). The normalized spacial score (nSPS) is 10.6. The molecular weight excluding hydrogens is 202 g/mol. The Hall–Kier alpha value is -1.56. The zero-order valence-corrected chi connectivity index (χ0v) is 7.91. The molecule has 72 valence electrons. The fraction of sp³-hybridized carbons (Fsp3) is 0.125. The molecule has 0 unspecified atom stereocenters. The van der Waals surface area contributed by atoms with Crippen molar-refractivity contribution >= 4 is 28.8 Å². The average Bonchev–Trinajstić information content (AvgIpc) is 2.62. The third-order valence-corrected chi connectivity index (χ3v) is 2.64. The second-order valence-electron chi connectivity index (χ2n) is 2.60. The number of H-pyrrole nitrogens is 1. The molecule has 0 aliphatic heterocycles. The minimum Gasteiger partial charge on any atom is -0.481 e. The van der Waals surface area contributed by atoms with Crippen LogP contribution in [-0.4, -0.2) is 31.8 Å². The molecule has 0 bridgehead atoms. The molecule has 0 amide bonds. The van der Waals surface area contributed by atoms with Crippen LogP contribution in [0.4, 0.5) is 0 Å². The van der Waals surface area contributed by atoms with Gasteiger partial charge in [-0.15, -0.1) is 0 Å². The summed E-state index contributed by atoms with van der Waals surface area (Å²) >= 11 is 1.19. The number of aliphatic carboxylic acids is 1. The Kier molecular flexibility index (Phi) is 2.36. The van der Waals surface area contributed by atoms with Gasteiger partial charge in [0.1, 0.15) is 17.0 Å². The molecule has 6 heteroatoms. The molecule has 0 radical (unpaired) electrons. The number of hydrogen-bond acceptors (Lipinski definition) is 4. The molecule has 0 aliphatic rings. The van der Waals surface area contributed by atoms with E-state index in [1.54, 1.807) is 6.20 Å². The number of rotatable bonds is 3. The second kappa shape index (κ2) is 3.67. The number of aromatic nitrogens is 3. The fourth-order valence-corrected chi connectivity index (χ4v) is 1.80. The first kappa shape index (κ1) is 9.01. The van der Waals surface area contributed by atoms with Crippen LogP contribution in [0.3, 0.4) is 0 Å². The van der Waals surface area contributed by atoms with Crippen LogP contribution in [0.25, 0.3) is 11.0 Å². The summed E-state index contributed by atoms with van der Waals surface area (Å²) in [4.78, 5) is 21.3. The van der Waals surface area contributed by atoms with E-state index in [1.165, 1.54) is 18.1 Å². The SMILES string of the molecule is O=C(O)CSc1ncnc2[nH]ccc12. The lowest BCUT2D eigenvalue weighted by atomic mass is 10.4. The van der Waals surface area contributed by atoms with Crippen molar-refractivity contribution in [3.05, 3.63) is 18.6 Å². The van der Waals surface area contributed by atoms with Gasteiger partial charge in [0.25, 0.3) is 0 Å². The van der Waals surface area contributed by atoms with Gasteiger partial charge in [-0.3, -0.25) is 4.79 Å².